The minimum Gasteiger partial charge on any atom is -0.481 e. The van der Waals surface area contributed by atoms with E-state index in [1.54, 1.807) is 13.8 Å². The van der Waals surface area contributed by atoms with E-state index in [0.29, 0.717) is 6.42 Å². The molecule has 1 aliphatic carbocycles. The molecule has 1 heterocycles. The zero-order valence-corrected chi connectivity index (χ0v) is 10.8. The van der Waals surface area contributed by atoms with Crippen molar-refractivity contribution in [2.45, 2.75) is 44.0 Å². The van der Waals surface area contributed by atoms with Crippen molar-refractivity contribution in [1.82, 2.24) is 0 Å². The van der Waals surface area contributed by atoms with Gasteiger partial charge >= 0.3 is 5.97 Å². The number of hydrogen-bond acceptors (Lipinski definition) is 4. The Kier molecular flexibility index (Phi) is 2.60. The van der Waals surface area contributed by atoms with Crippen LogP contribution in [-0.2, 0) is 14.6 Å². The topological polar surface area (TPSA) is 91.7 Å². The lowest BCUT2D eigenvalue weighted by molar-refractivity contribution is -0.172. The average molecular weight is 262 g/mol. The predicted molar refractivity (Wildman–Crippen MR) is 61.3 cm³/mol. The summed E-state index contributed by atoms with van der Waals surface area (Å²) >= 11 is 0. The van der Waals surface area contributed by atoms with Crippen LogP contribution < -0.4 is 0 Å². The molecule has 0 aromatic carbocycles. The van der Waals surface area contributed by atoms with E-state index in [0.717, 1.165) is 0 Å². The Balaban J connectivity index is 2.39. The lowest BCUT2D eigenvalue weighted by atomic mass is 9.56. The molecule has 0 amide bonds. The van der Waals surface area contributed by atoms with E-state index in [-0.39, 0.29) is 18.6 Å². The molecule has 0 bridgehead atoms. The van der Waals surface area contributed by atoms with Gasteiger partial charge in [0.2, 0.25) is 0 Å². The molecule has 2 N–H and O–H groups in total. The molecule has 98 valence electrons. The summed E-state index contributed by atoms with van der Waals surface area (Å²) < 4.78 is 22.8. The number of carboxylic acids is 1. The maximum atomic E-state index is 11.9. The Hall–Kier alpha value is -0.620. The normalized spacial score (nSPS) is 43.0. The van der Waals surface area contributed by atoms with Gasteiger partial charge < -0.3 is 10.2 Å². The van der Waals surface area contributed by atoms with E-state index < -0.39 is 38.0 Å². The van der Waals surface area contributed by atoms with Gasteiger partial charge in [-0.2, -0.15) is 0 Å². The molecule has 1 aliphatic heterocycles. The van der Waals surface area contributed by atoms with E-state index in [2.05, 4.69) is 0 Å². The minimum absolute atomic E-state index is 0.0514. The molecule has 2 fully saturated rings. The molecule has 0 spiro atoms. The highest BCUT2D eigenvalue weighted by atomic mass is 32.2. The van der Waals surface area contributed by atoms with E-state index in [1.807, 2.05) is 0 Å². The minimum atomic E-state index is -3.23. The quantitative estimate of drug-likeness (QED) is 0.752. The van der Waals surface area contributed by atoms with Crippen LogP contribution in [0.3, 0.4) is 0 Å². The van der Waals surface area contributed by atoms with Crippen LogP contribution in [0.5, 0.6) is 0 Å². The zero-order valence-electron chi connectivity index (χ0n) is 10.0. The lowest BCUT2D eigenvalue weighted by Crippen LogP contribution is -2.56. The van der Waals surface area contributed by atoms with Crippen molar-refractivity contribution in [3.8, 4) is 0 Å². The van der Waals surface area contributed by atoms with Crippen LogP contribution in [-0.4, -0.2) is 41.2 Å². The number of aliphatic hydroxyl groups excluding tert-OH is 1. The van der Waals surface area contributed by atoms with Crippen LogP contribution in [0, 0.1) is 11.3 Å². The molecule has 1 atom stereocenters. The van der Waals surface area contributed by atoms with Crippen molar-refractivity contribution in [2.75, 3.05) is 5.75 Å². The second-order valence-electron chi connectivity index (χ2n) is 5.79. The first kappa shape index (κ1) is 12.8. The summed E-state index contributed by atoms with van der Waals surface area (Å²) in [5, 5.41) is 18.7. The summed E-state index contributed by atoms with van der Waals surface area (Å²) in [5.41, 5.74) is -1.05. The summed E-state index contributed by atoms with van der Waals surface area (Å²) in [6.45, 7) is 3.21. The fourth-order valence-corrected chi connectivity index (χ4v) is 5.28. The maximum absolute atomic E-state index is 11.9. The van der Waals surface area contributed by atoms with Crippen molar-refractivity contribution in [3.63, 3.8) is 0 Å². The first-order valence-electron chi connectivity index (χ1n) is 5.77. The van der Waals surface area contributed by atoms with E-state index >= 15 is 0 Å². The van der Waals surface area contributed by atoms with Crippen molar-refractivity contribution in [2.24, 2.45) is 11.3 Å². The highest BCUT2D eigenvalue weighted by Crippen LogP contribution is 2.56. The molecule has 2 aliphatic rings. The molecule has 1 saturated carbocycles. The lowest BCUT2D eigenvalue weighted by Gasteiger charge is -2.49. The van der Waals surface area contributed by atoms with Crippen molar-refractivity contribution in [1.29, 1.82) is 0 Å². The third-order valence-corrected chi connectivity index (χ3v) is 7.27. The van der Waals surface area contributed by atoms with Gasteiger partial charge in [0.1, 0.15) is 0 Å². The van der Waals surface area contributed by atoms with Gasteiger partial charge in [-0.05, 0) is 39.0 Å². The summed E-state index contributed by atoms with van der Waals surface area (Å²) in [6.07, 6.45) is 0.122. The van der Waals surface area contributed by atoms with Crippen LogP contribution in [0.15, 0.2) is 0 Å². The summed E-state index contributed by atoms with van der Waals surface area (Å²) in [5.74, 6) is -1.32. The third-order valence-electron chi connectivity index (χ3n) is 4.61. The highest BCUT2D eigenvalue weighted by molar-refractivity contribution is 7.93. The van der Waals surface area contributed by atoms with E-state index in [9.17, 15) is 23.4 Å². The van der Waals surface area contributed by atoms with Gasteiger partial charge in [-0.15, -0.1) is 0 Å². The van der Waals surface area contributed by atoms with Gasteiger partial charge in [-0.25, -0.2) is 8.42 Å². The third kappa shape index (κ3) is 1.53. The maximum Gasteiger partial charge on any atom is 0.310 e. The van der Waals surface area contributed by atoms with E-state index in [1.165, 1.54) is 0 Å². The number of carboxylic acid groups (broad SMARTS) is 1. The molecular formula is C11H18O5S. The van der Waals surface area contributed by atoms with Gasteiger partial charge in [0.05, 0.1) is 22.0 Å². The number of aliphatic carboxylic acids is 1. The highest BCUT2D eigenvalue weighted by Gasteiger charge is 2.64. The van der Waals surface area contributed by atoms with Crippen LogP contribution in [0.25, 0.3) is 0 Å². The number of rotatable bonds is 2. The molecule has 0 aromatic heterocycles. The number of carbonyl (C=O) groups is 1. The van der Waals surface area contributed by atoms with Crippen LogP contribution in [0.1, 0.15) is 33.1 Å². The fraction of sp³-hybridized carbons (Fsp3) is 0.909. The van der Waals surface area contributed by atoms with Crippen LogP contribution in [0.4, 0.5) is 0 Å². The van der Waals surface area contributed by atoms with Crippen molar-refractivity contribution >= 4 is 15.8 Å². The number of hydrogen-bond donors (Lipinski definition) is 2. The summed E-state index contributed by atoms with van der Waals surface area (Å²) in [4.78, 5) is 11.4. The van der Waals surface area contributed by atoms with Crippen LogP contribution >= 0.6 is 0 Å². The fourth-order valence-electron chi connectivity index (χ4n) is 3.43. The van der Waals surface area contributed by atoms with Gasteiger partial charge in [0.15, 0.2) is 9.84 Å². The van der Waals surface area contributed by atoms with Crippen molar-refractivity contribution in [3.05, 3.63) is 0 Å². The van der Waals surface area contributed by atoms with Gasteiger partial charge in [-0.1, -0.05) is 0 Å². The zero-order chi connectivity index (χ0) is 13.1. The molecule has 17 heavy (non-hydrogen) atoms. The van der Waals surface area contributed by atoms with Crippen LogP contribution in [0.2, 0.25) is 0 Å². The van der Waals surface area contributed by atoms with Gasteiger partial charge in [0.25, 0.3) is 0 Å². The number of aliphatic hydroxyl groups is 1. The van der Waals surface area contributed by atoms with E-state index in [4.69, 9.17) is 0 Å². The molecule has 1 saturated heterocycles. The Morgan fingerprint density at radius 2 is 1.82 bits per heavy atom. The van der Waals surface area contributed by atoms with Crippen molar-refractivity contribution < 1.29 is 23.4 Å². The molecular weight excluding hydrogens is 244 g/mol. The summed E-state index contributed by atoms with van der Waals surface area (Å²) in [7, 11) is -3.23. The predicted octanol–water partition coefficient (Wildman–Crippen LogP) is 0.425. The van der Waals surface area contributed by atoms with Gasteiger partial charge in [0, 0.05) is 0 Å². The Bertz CT molecular complexity index is 444. The molecule has 2 rings (SSSR count). The SMILES string of the molecule is CC1(C)C(C2(C(=O)O)CC(O)C2)CCS1(=O)=O. The summed E-state index contributed by atoms with van der Waals surface area (Å²) in [6, 6.07) is 0. The molecule has 6 heteroatoms. The second-order valence-corrected chi connectivity index (χ2v) is 8.48. The Labute approximate surface area is 101 Å². The standard InChI is InChI=1S/C11H18O5S/c1-10(2)8(3-4-17(10,15)16)11(9(13)14)5-7(12)6-11/h7-8,12H,3-6H2,1-2H3,(H,13,14). The van der Waals surface area contributed by atoms with Gasteiger partial charge in [-0.3, -0.25) is 4.79 Å². The first-order valence-corrected chi connectivity index (χ1v) is 7.42. The average Bonchev–Trinajstić information content (AvgIpc) is 2.32. The number of sulfone groups is 1. The molecule has 1 unspecified atom stereocenters. The largest absolute Gasteiger partial charge is 0.481 e. The molecule has 0 radical (unpaired) electrons. The Morgan fingerprint density at radius 1 is 1.29 bits per heavy atom. The Morgan fingerprint density at radius 3 is 2.12 bits per heavy atom. The molecule has 5 nitrogen and oxygen atoms in total. The molecule has 0 aromatic rings. The monoisotopic (exact) mass is 262 g/mol. The second kappa shape index (κ2) is 3.45. The smallest absolute Gasteiger partial charge is 0.310 e. The first-order chi connectivity index (χ1) is 7.63.